The minimum Gasteiger partial charge on any atom is -0.317 e. The average Bonchev–Trinajstić information content (AvgIpc) is 2.79. The Labute approximate surface area is 95.3 Å². The highest BCUT2D eigenvalue weighted by molar-refractivity contribution is 5.31. The molecule has 0 amide bonds. The Bertz CT molecular complexity index is 422. The van der Waals surface area contributed by atoms with E-state index in [2.05, 4.69) is 22.6 Å². The van der Waals surface area contributed by atoms with E-state index in [1.54, 1.807) is 0 Å². The van der Waals surface area contributed by atoms with Crippen molar-refractivity contribution in [2.45, 2.75) is 13.3 Å². The van der Waals surface area contributed by atoms with Gasteiger partial charge in [-0.15, -0.1) is 5.10 Å². The zero-order valence-electron chi connectivity index (χ0n) is 9.43. The highest BCUT2D eigenvalue weighted by Crippen LogP contribution is 2.08. The molecule has 0 spiro atoms. The molecule has 0 saturated carbocycles. The average molecular weight is 216 g/mol. The van der Waals surface area contributed by atoms with Crippen molar-refractivity contribution in [1.29, 1.82) is 0 Å². The van der Waals surface area contributed by atoms with Crippen molar-refractivity contribution < 1.29 is 0 Å². The van der Waals surface area contributed by atoms with E-state index in [-0.39, 0.29) is 0 Å². The summed E-state index contributed by atoms with van der Waals surface area (Å²) in [4.78, 5) is 0. The van der Waals surface area contributed by atoms with Crippen molar-refractivity contribution >= 4 is 0 Å². The lowest BCUT2D eigenvalue weighted by Gasteiger charge is -2.05. The molecule has 2 aromatic rings. The number of para-hydroxylation sites is 1. The molecule has 1 heterocycles. The topological polar surface area (TPSA) is 42.7 Å². The Kier molecular flexibility index (Phi) is 3.66. The van der Waals surface area contributed by atoms with Crippen LogP contribution >= 0.6 is 0 Å². The van der Waals surface area contributed by atoms with Crippen LogP contribution in [0.15, 0.2) is 36.5 Å². The van der Waals surface area contributed by atoms with Gasteiger partial charge in [0.1, 0.15) is 0 Å². The van der Waals surface area contributed by atoms with Crippen LogP contribution in [0.5, 0.6) is 0 Å². The van der Waals surface area contributed by atoms with Gasteiger partial charge >= 0.3 is 0 Å². The van der Waals surface area contributed by atoms with Crippen LogP contribution in [-0.2, 0) is 6.42 Å². The van der Waals surface area contributed by atoms with Gasteiger partial charge in [0.2, 0.25) is 0 Å². The quantitative estimate of drug-likeness (QED) is 0.769. The molecule has 0 radical (unpaired) electrons. The van der Waals surface area contributed by atoms with Gasteiger partial charge in [0.25, 0.3) is 0 Å². The highest BCUT2D eigenvalue weighted by atomic mass is 15.4. The maximum atomic E-state index is 4.10. The highest BCUT2D eigenvalue weighted by Gasteiger charge is 2.04. The number of hydrogen-bond donors (Lipinski definition) is 1. The molecule has 1 aromatic heterocycles. The second-order valence-electron chi connectivity index (χ2n) is 3.58. The number of nitrogens with one attached hydrogen (secondary N) is 1. The van der Waals surface area contributed by atoms with E-state index >= 15 is 0 Å². The lowest BCUT2D eigenvalue weighted by molar-refractivity contribution is 0.683. The Morgan fingerprint density at radius 1 is 1.25 bits per heavy atom. The van der Waals surface area contributed by atoms with E-state index in [0.717, 1.165) is 30.9 Å². The lowest BCUT2D eigenvalue weighted by Crippen LogP contribution is -2.17. The van der Waals surface area contributed by atoms with Crippen molar-refractivity contribution in [2.24, 2.45) is 0 Å². The summed E-state index contributed by atoms with van der Waals surface area (Å²) in [7, 11) is 0. The Morgan fingerprint density at radius 2 is 2.06 bits per heavy atom. The first-order valence-corrected chi connectivity index (χ1v) is 5.57. The molecule has 1 N–H and O–H groups in total. The largest absolute Gasteiger partial charge is 0.317 e. The monoisotopic (exact) mass is 216 g/mol. The Morgan fingerprint density at radius 3 is 2.81 bits per heavy atom. The van der Waals surface area contributed by atoms with E-state index in [1.165, 1.54) is 0 Å². The molecule has 0 unspecified atom stereocenters. The van der Waals surface area contributed by atoms with Crippen LogP contribution in [0.4, 0.5) is 0 Å². The summed E-state index contributed by atoms with van der Waals surface area (Å²) in [5, 5.41) is 11.4. The summed E-state index contributed by atoms with van der Waals surface area (Å²) in [6.07, 6.45) is 2.76. The predicted octanol–water partition coefficient (Wildman–Crippen LogP) is 1.42. The van der Waals surface area contributed by atoms with Gasteiger partial charge in [-0.2, -0.15) is 0 Å². The SMILES string of the molecule is CCNCCc1cnnn1-c1ccccc1. The van der Waals surface area contributed by atoms with Crippen molar-refractivity contribution in [2.75, 3.05) is 13.1 Å². The summed E-state index contributed by atoms with van der Waals surface area (Å²) in [5.41, 5.74) is 2.19. The minimum atomic E-state index is 0.940. The van der Waals surface area contributed by atoms with Crippen LogP contribution in [0.2, 0.25) is 0 Å². The molecule has 1 aromatic carbocycles. The van der Waals surface area contributed by atoms with Gasteiger partial charge in [-0.3, -0.25) is 0 Å². The van der Waals surface area contributed by atoms with Crippen molar-refractivity contribution in [3.05, 3.63) is 42.2 Å². The molecule has 0 aliphatic carbocycles. The van der Waals surface area contributed by atoms with E-state index in [0.29, 0.717) is 0 Å². The Balaban J connectivity index is 2.13. The standard InChI is InChI=1S/C12H16N4/c1-2-13-9-8-12-10-14-15-16(12)11-6-4-3-5-7-11/h3-7,10,13H,2,8-9H2,1H3. The molecule has 0 saturated heterocycles. The number of likely N-dealkylation sites (N-methyl/N-ethyl adjacent to an activating group) is 1. The number of rotatable bonds is 5. The molecule has 4 heteroatoms. The van der Waals surface area contributed by atoms with Gasteiger partial charge in [-0.05, 0) is 18.7 Å². The van der Waals surface area contributed by atoms with Crippen LogP contribution in [0.25, 0.3) is 5.69 Å². The number of benzene rings is 1. The first-order chi connectivity index (χ1) is 7.92. The number of nitrogens with zero attached hydrogens (tertiary/aromatic N) is 3. The van der Waals surface area contributed by atoms with Gasteiger partial charge < -0.3 is 5.32 Å². The van der Waals surface area contributed by atoms with Crippen LogP contribution in [0.1, 0.15) is 12.6 Å². The zero-order valence-corrected chi connectivity index (χ0v) is 9.43. The molecule has 16 heavy (non-hydrogen) atoms. The molecule has 84 valence electrons. The van der Waals surface area contributed by atoms with E-state index in [9.17, 15) is 0 Å². The van der Waals surface area contributed by atoms with E-state index < -0.39 is 0 Å². The van der Waals surface area contributed by atoms with Crippen molar-refractivity contribution in [3.8, 4) is 5.69 Å². The van der Waals surface area contributed by atoms with Gasteiger partial charge in [0.15, 0.2) is 0 Å². The van der Waals surface area contributed by atoms with Gasteiger partial charge in [-0.25, -0.2) is 4.68 Å². The second kappa shape index (κ2) is 5.42. The molecular formula is C12H16N4. The van der Waals surface area contributed by atoms with Gasteiger partial charge in [0.05, 0.1) is 17.6 Å². The van der Waals surface area contributed by atoms with E-state index in [1.807, 2.05) is 41.2 Å². The van der Waals surface area contributed by atoms with Crippen molar-refractivity contribution in [3.63, 3.8) is 0 Å². The first kappa shape index (κ1) is 10.8. The van der Waals surface area contributed by atoms with Crippen LogP contribution in [0, 0.1) is 0 Å². The fourth-order valence-electron chi connectivity index (χ4n) is 1.61. The summed E-state index contributed by atoms with van der Waals surface area (Å²) >= 11 is 0. The Hall–Kier alpha value is -1.68. The fourth-order valence-corrected chi connectivity index (χ4v) is 1.61. The van der Waals surface area contributed by atoms with Gasteiger partial charge in [-0.1, -0.05) is 30.3 Å². The molecule has 4 nitrogen and oxygen atoms in total. The molecule has 0 atom stereocenters. The summed E-state index contributed by atoms with van der Waals surface area (Å²) in [6, 6.07) is 10.1. The predicted molar refractivity (Wildman–Crippen MR) is 63.6 cm³/mol. The normalized spacial score (nSPS) is 10.6. The van der Waals surface area contributed by atoms with Crippen LogP contribution < -0.4 is 5.32 Å². The van der Waals surface area contributed by atoms with Crippen LogP contribution in [0.3, 0.4) is 0 Å². The van der Waals surface area contributed by atoms with Gasteiger partial charge in [0, 0.05) is 13.0 Å². The second-order valence-corrected chi connectivity index (χ2v) is 3.58. The zero-order chi connectivity index (χ0) is 11.2. The molecule has 0 bridgehead atoms. The maximum Gasteiger partial charge on any atom is 0.0730 e. The molecule has 0 fully saturated rings. The molecular weight excluding hydrogens is 200 g/mol. The summed E-state index contributed by atoms with van der Waals surface area (Å²) in [6.45, 7) is 4.05. The summed E-state index contributed by atoms with van der Waals surface area (Å²) in [5.74, 6) is 0. The van der Waals surface area contributed by atoms with Crippen LogP contribution in [-0.4, -0.2) is 28.1 Å². The fraction of sp³-hybridized carbons (Fsp3) is 0.333. The summed E-state index contributed by atoms with van der Waals surface area (Å²) < 4.78 is 1.89. The maximum absolute atomic E-state index is 4.10. The van der Waals surface area contributed by atoms with Crippen molar-refractivity contribution in [1.82, 2.24) is 20.3 Å². The third kappa shape index (κ3) is 2.46. The third-order valence-electron chi connectivity index (χ3n) is 2.43. The van der Waals surface area contributed by atoms with E-state index in [4.69, 9.17) is 0 Å². The smallest absolute Gasteiger partial charge is 0.0730 e. The lowest BCUT2D eigenvalue weighted by atomic mass is 10.3. The first-order valence-electron chi connectivity index (χ1n) is 5.57. The number of hydrogen-bond acceptors (Lipinski definition) is 3. The minimum absolute atomic E-state index is 0.940. The molecule has 2 rings (SSSR count). The molecule has 0 aliphatic rings. The molecule has 0 aliphatic heterocycles. The third-order valence-corrected chi connectivity index (χ3v) is 2.43. The number of aromatic nitrogens is 3.